The van der Waals surface area contributed by atoms with Crippen molar-refractivity contribution in [2.75, 3.05) is 79.2 Å². The number of carbonyl (C=O) groups is 1. The van der Waals surface area contributed by atoms with Gasteiger partial charge in [-0.3, -0.25) is 9.24 Å². The highest BCUT2D eigenvalue weighted by molar-refractivity contribution is 7.99. The van der Waals surface area contributed by atoms with Crippen molar-refractivity contribution in [3.63, 3.8) is 0 Å². The Balaban J connectivity index is 0.923. The fourth-order valence-corrected chi connectivity index (χ4v) is 15.2. The summed E-state index contributed by atoms with van der Waals surface area (Å²) in [6.45, 7) is 10.8. The van der Waals surface area contributed by atoms with Crippen molar-refractivity contribution in [3.8, 4) is 22.4 Å². The van der Waals surface area contributed by atoms with Gasteiger partial charge in [0.15, 0.2) is 0 Å². The van der Waals surface area contributed by atoms with Crippen LogP contribution in [0.5, 0.6) is 0 Å². The maximum absolute atomic E-state index is 15.0. The van der Waals surface area contributed by atoms with Gasteiger partial charge in [-0.1, -0.05) is 60.1 Å². The van der Waals surface area contributed by atoms with E-state index in [9.17, 15) is 41.2 Å². The molecule has 5 aromatic carbocycles. The highest BCUT2D eigenvalue weighted by atomic mass is 35.5. The van der Waals surface area contributed by atoms with E-state index in [4.69, 9.17) is 16.1 Å². The summed E-state index contributed by atoms with van der Waals surface area (Å²) in [5, 5.41) is 21.1. The Bertz CT molecular complexity index is 3150. The van der Waals surface area contributed by atoms with E-state index >= 15 is 0 Å². The number of thioether (sulfide) groups is 1. The molecular formula is C56H62ClF3N5O7PS2. The van der Waals surface area contributed by atoms with Gasteiger partial charge >= 0.3 is 19.0 Å². The minimum Gasteiger partial charge on any atom is -0.478 e. The van der Waals surface area contributed by atoms with Gasteiger partial charge in [0.1, 0.15) is 0 Å². The van der Waals surface area contributed by atoms with Crippen molar-refractivity contribution < 1.29 is 45.7 Å². The van der Waals surface area contributed by atoms with Crippen molar-refractivity contribution in [3.05, 3.63) is 143 Å². The van der Waals surface area contributed by atoms with Gasteiger partial charge in [-0.25, -0.2) is 13.2 Å². The molecule has 6 aromatic rings. The van der Waals surface area contributed by atoms with Crippen LogP contribution < -0.4 is 19.8 Å². The number of piperazine rings is 1. The van der Waals surface area contributed by atoms with E-state index in [0.717, 1.165) is 39.2 Å². The van der Waals surface area contributed by atoms with E-state index in [0.29, 0.717) is 92.8 Å². The third-order valence-electron chi connectivity index (χ3n) is 14.6. The molecule has 0 spiro atoms. The van der Waals surface area contributed by atoms with Gasteiger partial charge in [-0.2, -0.15) is 13.2 Å². The molecule has 0 aliphatic carbocycles. The average molecular weight is 1100 g/mol. The van der Waals surface area contributed by atoms with E-state index < -0.39 is 33.7 Å². The molecule has 9 rings (SSSR count). The third kappa shape index (κ3) is 11.7. The molecule has 398 valence electrons. The predicted molar refractivity (Wildman–Crippen MR) is 294 cm³/mol. The number of aliphatic hydroxyl groups excluding tert-OH is 1. The summed E-state index contributed by atoms with van der Waals surface area (Å²) >= 11 is 7.84. The predicted octanol–water partition coefficient (Wildman–Crippen LogP) is 11.8. The lowest BCUT2D eigenvalue weighted by Gasteiger charge is -2.37. The Kier molecular flexibility index (Phi) is 16.5. The minimum absolute atomic E-state index is 0.00495. The van der Waals surface area contributed by atoms with Gasteiger partial charge in [0, 0.05) is 89.3 Å². The zero-order valence-electron chi connectivity index (χ0n) is 42.1. The summed E-state index contributed by atoms with van der Waals surface area (Å²) in [6, 6.07) is 36.2. The molecule has 1 aromatic heterocycles. The van der Waals surface area contributed by atoms with E-state index in [-0.39, 0.29) is 54.1 Å². The number of nitrogens with zero attached hydrogens (tertiary/aromatic N) is 5. The molecule has 4 heterocycles. The second-order valence-corrected chi connectivity index (χ2v) is 25.5. The number of likely N-dealkylation sites (tertiary alicyclic amines) is 1. The zero-order valence-corrected chi connectivity index (χ0v) is 45.4. The minimum atomic E-state index is -5.87. The first kappa shape index (κ1) is 54.5. The number of alkyl halides is 3. The molecule has 3 aliphatic heterocycles. The number of rotatable bonds is 17. The van der Waals surface area contributed by atoms with Crippen LogP contribution in [0.15, 0.2) is 131 Å². The summed E-state index contributed by atoms with van der Waals surface area (Å²) in [5.74, 6) is -0.682. The van der Waals surface area contributed by atoms with Crippen LogP contribution in [0, 0.1) is 12.8 Å². The van der Waals surface area contributed by atoms with Gasteiger partial charge in [0.2, 0.25) is 0 Å². The van der Waals surface area contributed by atoms with Crippen LogP contribution in [0.4, 0.5) is 30.2 Å². The number of aromatic carboxylic acids is 1. The van der Waals surface area contributed by atoms with Gasteiger partial charge in [0.25, 0.3) is 9.84 Å². The van der Waals surface area contributed by atoms with Crippen molar-refractivity contribution in [2.45, 2.75) is 73.9 Å². The fraction of sp³-hybridized carbons (Fsp3) is 0.375. The number of benzene rings is 5. The lowest BCUT2D eigenvalue weighted by Crippen LogP contribution is -2.46. The van der Waals surface area contributed by atoms with Gasteiger partial charge < -0.3 is 34.0 Å². The normalized spacial score (nSPS) is 18.5. The van der Waals surface area contributed by atoms with Crippen LogP contribution in [-0.2, 0) is 25.3 Å². The number of halogens is 4. The molecule has 12 nitrogen and oxygen atoms in total. The number of carboxylic acid groups (broad SMARTS) is 1. The summed E-state index contributed by atoms with van der Waals surface area (Å²) in [7, 11) is -9.96. The lowest BCUT2D eigenvalue weighted by molar-refractivity contribution is -0.0436. The molecule has 2 N–H and O–H groups in total. The summed E-state index contributed by atoms with van der Waals surface area (Å²) in [4.78, 5) is 19.7. The fourth-order valence-electron chi connectivity index (χ4n) is 10.7. The molecular weight excluding hydrogens is 1040 g/mol. The van der Waals surface area contributed by atoms with E-state index in [1.165, 1.54) is 16.8 Å². The molecule has 0 unspecified atom stereocenters. The number of carboxylic acids is 1. The van der Waals surface area contributed by atoms with Crippen LogP contribution in [0.3, 0.4) is 0 Å². The van der Waals surface area contributed by atoms with Crippen LogP contribution in [0.2, 0.25) is 5.02 Å². The lowest BCUT2D eigenvalue weighted by atomic mass is 9.96. The highest BCUT2D eigenvalue weighted by Crippen LogP contribution is 2.56. The molecule has 75 heavy (non-hydrogen) atoms. The second-order valence-electron chi connectivity index (χ2n) is 19.8. The van der Waals surface area contributed by atoms with Crippen LogP contribution in [0.25, 0.3) is 22.4 Å². The first-order valence-corrected chi connectivity index (χ1v) is 29.7. The average Bonchev–Trinajstić information content (AvgIpc) is 3.96. The number of aliphatic hydroxyl groups is 1. The number of aromatic nitrogens is 1. The molecule has 0 bridgehead atoms. The van der Waals surface area contributed by atoms with Gasteiger partial charge in [-0.15, -0.1) is 11.8 Å². The van der Waals surface area contributed by atoms with Crippen molar-refractivity contribution in [1.82, 2.24) is 9.47 Å². The number of sulfone groups is 1. The number of hydrogen-bond donors (Lipinski definition) is 2. The zero-order chi connectivity index (χ0) is 53.2. The molecule has 3 fully saturated rings. The van der Waals surface area contributed by atoms with Gasteiger partial charge in [0.05, 0.1) is 40.7 Å². The van der Waals surface area contributed by atoms with E-state index in [2.05, 4.69) is 25.3 Å². The molecule has 3 aliphatic rings. The molecule has 19 heteroatoms. The first-order chi connectivity index (χ1) is 35.8. The Labute approximate surface area is 446 Å². The SMILES string of the molecule is Cc1c(C(=O)O)c(-c2cccc(N3CCN(c4ccc(N5CCO[P@]5(=O)c5ccc(C[C@H](CCN6CCC(O)CC6)CSc6ccccc6)c(S(=O)(=O)C(F)(F)F)c5)cc4)CC3)c2)c(-c2ccc(Cl)cc2)n1C(C)C. The van der Waals surface area contributed by atoms with Crippen LogP contribution >= 0.6 is 30.9 Å². The Morgan fingerprint density at radius 2 is 1.47 bits per heavy atom. The number of hydrogen-bond acceptors (Lipinski definition) is 10. The molecule has 0 radical (unpaired) electrons. The topological polar surface area (TPSA) is 136 Å². The second kappa shape index (κ2) is 22.8. The van der Waals surface area contributed by atoms with Crippen LogP contribution in [0.1, 0.15) is 60.8 Å². The maximum atomic E-state index is 15.0. The van der Waals surface area contributed by atoms with Crippen molar-refractivity contribution in [1.29, 1.82) is 0 Å². The molecule has 0 amide bonds. The molecule has 2 atom stereocenters. The summed E-state index contributed by atoms with van der Waals surface area (Å²) in [6.07, 6.45) is 1.57. The Hall–Kier alpha value is -5.26. The first-order valence-electron chi connectivity index (χ1n) is 25.3. The smallest absolute Gasteiger partial charge is 0.478 e. The quantitative estimate of drug-likeness (QED) is 0.0665. The Morgan fingerprint density at radius 1 is 0.813 bits per heavy atom. The van der Waals surface area contributed by atoms with E-state index in [1.807, 2.05) is 106 Å². The van der Waals surface area contributed by atoms with Crippen molar-refractivity contribution in [2.24, 2.45) is 5.92 Å². The standard InChI is InChI=1S/C56H62ClF3N5O7PS2/c1-38(2)65-39(3)52(55(67)68)53(54(65)41-12-15-44(57)16-13-41)43-8-7-9-47(35-43)63-30-28-62(29-31-63)45-17-19-46(20-18-45)64-32-33-72-73(64,69)49-21-14-42(51(36-49)75(70,71)56(58,59)60)34-40(37-74-50-10-5-4-6-11-50)22-25-61-26-23-48(66)24-27-61/h4-21,35-36,38,40,48,66H,22-34,37H2,1-3H3,(H,67,68)/t40-,73+/m0/s1. The van der Waals surface area contributed by atoms with E-state index in [1.54, 1.807) is 23.9 Å². The Morgan fingerprint density at radius 3 is 2.11 bits per heavy atom. The molecule has 3 saturated heterocycles. The number of anilines is 3. The largest absolute Gasteiger partial charge is 0.501 e. The number of piperidine rings is 1. The van der Waals surface area contributed by atoms with Crippen LogP contribution in [-0.4, -0.2) is 110 Å². The monoisotopic (exact) mass is 1100 g/mol. The third-order valence-corrected chi connectivity index (χ3v) is 20.2. The van der Waals surface area contributed by atoms with Crippen molar-refractivity contribution >= 4 is 69.1 Å². The molecule has 0 saturated carbocycles. The summed E-state index contributed by atoms with van der Waals surface area (Å²) < 4.78 is 95.0. The maximum Gasteiger partial charge on any atom is 0.501 e. The highest BCUT2D eigenvalue weighted by Gasteiger charge is 2.49. The van der Waals surface area contributed by atoms with Gasteiger partial charge in [-0.05, 0) is 148 Å². The summed E-state index contributed by atoms with van der Waals surface area (Å²) in [5.41, 5.74) is 0.811.